The third-order valence-electron chi connectivity index (χ3n) is 3.04. The first-order chi connectivity index (χ1) is 7.20. The minimum atomic E-state index is -0.264. The van der Waals surface area contributed by atoms with Crippen molar-refractivity contribution in [1.82, 2.24) is 5.32 Å². The van der Waals surface area contributed by atoms with Gasteiger partial charge in [-0.1, -0.05) is 23.7 Å². The normalized spacial score (nSPS) is 21.7. The van der Waals surface area contributed by atoms with E-state index < -0.39 is 0 Å². The van der Waals surface area contributed by atoms with E-state index in [1.165, 1.54) is 0 Å². The molecule has 1 aliphatic heterocycles. The fraction of sp³-hybridized carbons (Fsp3) is 0.500. The van der Waals surface area contributed by atoms with E-state index in [0.717, 1.165) is 31.5 Å². The molecule has 1 aromatic carbocycles. The Morgan fingerprint density at radius 2 is 2.27 bits per heavy atom. The highest BCUT2D eigenvalue weighted by molar-refractivity contribution is 6.31. The molecule has 1 aliphatic rings. The van der Waals surface area contributed by atoms with Crippen LogP contribution >= 0.6 is 11.6 Å². The van der Waals surface area contributed by atoms with Gasteiger partial charge in [-0.15, -0.1) is 0 Å². The van der Waals surface area contributed by atoms with Gasteiger partial charge in [-0.2, -0.15) is 0 Å². The van der Waals surface area contributed by atoms with Gasteiger partial charge in [0.05, 0.1) is 5.02 Å². The number of nitrogens with one attached hydrogen (secondary N) is 1. The summed E-state index contributed by atoms with van der Waals surface area (Å²) in [4.78, 5) is 0. The Bertz CT molecular complexity index is 359. The Kier molecular flexibility index (Phi) is 3.27. The molecule has 2 rings (SSSR count). The number of piperidine rings is 1. The van der Waals surface area contributed by atoms with Crippen LogP contribution in [-0.4, -0.2) is 13.1 Å². The predicted octanol–water partition coefficient (Wildman–Crippen LogP) is 3.25. The van der Waals surface area contributed by atoms with Crippen LogP contribution in [0.5, 0.6) is 0 Å². The Hall–Kier alpha value is -0.600. The zero-order chi connectivity index (χ0) is 10.8. The van der Waals surface area contributed by atoms with Gasteiger partial charge in [-0.3, -0.25) is 0 Å². The second-order valence-corrected chi connectivity index (χ2v) is 4.52. The molecule has 1 atom stereocenters. The Balaban J connectivity index is 2.31. The molecule has 1 fully saturated rings. The molecule has 0 saturated carbocycles. The van der Waals surface area contributed by atoms with E-state index in [-0.39, 0.29) is 5.82 Å². The molecule has 0 aromatic heterocycles. The molecular weight excluding hydrogens is 213 g/mol. The Morgan fingerprint density at radius 1 is 1.47 bits per heavy atom. The maximum atomic E-state index is 13.6. The van der Waals surface area contributed by atoms with Crippen molar-refractivity contribution in [2.24, 2.45) is 0 Å². The van der Waals surface area contributed by atoms with E-state index >= 15 is 0 Å². The lowest BCUT2D eigenvalue weighted by atomic mass is 9.91. The van der Waals surface area contributed by atoms with Gasteiger partial charge < -0.3 is 5.32 Å². The molecular formula is C12H15ClFN. The highest BCUT2D eigenvalue weighted by atomic mass is 35.5. The molecule has 0 radical (unpaired) electrons. The molecule has 1 heterocycles. The minimum Gasteiger partial charge on any atom is -0.316 e. The average molecular weight is 228 g/mol. The lowest BCUT2D eigenvalue weighted by molar-refractivity contribution is 0.460. The number of aryl methyl sites for hydroxylation is 1. The summed E-state index contributed by atoms with van der Waals surface area (Å²) in [6.07, 6.45) is 2.23. The van der Waals surface area contributed by atoms with Gasteiger partial charge in [0.25, 0.3) is 0 Å². The molecule has 82 valence electrons. The van der Waals surface area contributed by atoms with Gasteiger partial charge in [0.2, 0.25) is 0 Å². The lowest BCUT2D eigenvalue weighted by Crippen LogP contribution is -2.28. The van der Waals surface area contributed by atoms with Gasteiger partial charge in [0, 0.05) is 6.54 Å². The minimum absolute atomic E-state index is 0.264. The van der Waals surface area contributed by atoms with Crippen molar-refractivity contribution in [3.63, 3.8) is 0 Å². The summed E-state index contributed by atoms with van der Waals surface area (Å²) in [5.41, 5.74) is 1.57. The van der Waals surface area contributed by atoms with E-state index in [1.54, 1.807) is 6.92 Å². The number of benzene rings is 1. The van der Waals surface area contributed by atoms with E-state index in [1.807, 2.05) is 12.1 Å². The third-order valence-corrected chi connectivity index (χ3v) is 3.43. The van der Waals surface area contributed by atoms with Crippen molar-refractivity contribution < 1.29 is 4.39 Å². The molecule has 0 bridgehead atoms. The van der Waals surface area contributed by atoms with Crippen LogP contribution in [0.25, 0.3) is 0 Å². The number of hydrogen-bond acceptors (Lipinski definition) is 1. The number of rotatable bonds is 1. The van der Waals surface area contributed by atoms with Crippen molar-refractivity contribution in [2.75, 3.05) is 13.1 Å². The summed E-state index contributed by atoms with van der Waals surface area (Å²) in [7, 11) is 0. The van der Waals surface area contributed by atoms with Gasteiger partial charge >= 0.3 is 0 Å². The number of hydrogen-bond donors (Lipinski definition) is 1. The van der Waals surface area contributed by atoms with Crippen molar-refractivity contribution in [1.29, 1.82) is 0 Å². The van der Waals surface area contributed by atoms with Crippen molar-refractivity contribution in [3.8, 4) is 0 Å². The Morgan fingerprint density at radius 3 is 2.93 bits per heavy atom. The molecule has 3 heteroatoms. The van der Waals surface area contributed by atoms with Crippen LogP contribution in [-0.2, 0) is 0 Å². The van der Waals surface area contributed by atoms with Crippen LogP contribution in [0.3, 0.4) is 0 Å². The summed E-state index contributed by atoms with van der Waals surface area (Å²) < 4.78 is 13.6. The summed E-state index contributed by atoms with van der Waals surface area (Å²) in [6, 6.07) is 3.77. The van der Waals surface area contributed by atoms with E-state index in [4.69, 9.17) is 11.6 Å². The molecule has 0 aliphatic carbocycles. The summed E-state index contributed by atoms with van der Waals surface area (Å²) in [5, 5.41) is 3.62. The molecule has 0 amide bonds. The van der Waals surface area contributed by atoms with Crippen LogP contribution in [0.1, 0.15) is 29.9 Å². The van der Waals surface area contributed by atoms with Crippen LogP contribution in [0.2, 0.25) is 5.02 Å². The largest absolute Gasteiger partial charge is 0.316 e. The first kappa shape index (κ1) is 10.9. The van der Waals surface area contributed by atoms with Crippen LogP contribution in [0, 0.1) is 12.7 Å². The van der Waals surface area contributed by atoms with Gasteiger partial charge in [0.15, 0.2) is 0 Å². The Labute approximate surface area is 94.6 Å². The molecule has 1 saturated heterocycles. The second kappa shape index (κ2) is 4.50. The van der Waals surface area contributed by atoms with Crippen LogP contribution in [0.4, 0.5) is 4.39 Å². The monoisotopic (exact) mass is 227 g/mol. The van der Waals surface area contributed by atoms with Crippen molar-refractivity contribution in [2.45, 2.75) is 25.7 Å². The average Bonchev–Trinajstić information content (AvgIpc) is 2.27. The van der Waals surface area contributed by atoms with Crippen LogP contribution < -0.4 is 5.32 Å². The van der Waals surface area contributed by atoms with Crippen molar-refractivity contribution >= 4 is 11.6 Å². The highest BCUT2D eigenvalue weighted by Crippen LogP contribution is 2.32. The van der Waals surface area contributed by atoms with Crippen LogP contribution in [0.15, 0.2) is 12.1 Å². The lowest BCUT2D eigenvalue weighted by Gasteiger charge is -2.24. The zero-order valence-electron chi connectivity index (χ0n) is 8.82. The maximum absolute atomic E-state index is 13.6. The smallest absolute Gasteiger partial charge is 0.144 e. The first-order valence-electron chi connectivity index (χ1n) is 5.35. The van der Waals surface area contributed by atoms with Gasteiger partial charge in [0.1, 0.15) is 5.82 Å². The molecule has 15 heavy (non-hydrogen) atoms. The quantitative estimate of drug-likeness (QED) is 0.777. The van der Waals surface area contributed by atoms with E-state index in [2.05, 4.69) is 5.32 Å². The molecule has 1 unspecified atom stereocenters. The first-order valence-corrected chi connectivity index (χ1v) is 5.73. The number of halogens is 2. The molecule has 1 nitrogen and oxygen atoms in total. The summed E-state index contributed by atoms with van der Waals surface area (Å²) in [5.74, 6) is 0.0982. The second-order valence-electron chi connectivity index (χ2n) is 4.14. The van der Waals surface area contributed by atoms with Crippen molar-refractivity contribution in [3.05, 3.63) is 34.1 Å². The highest BCUT2D eigenvalue weighted by Gasteiger charge is 2.19. The fourth-order valence-electron chi connectivity index (χ4n) is 2.09. The topological polar surface area (TPSA) is 12.0 Å². The van der Waals surface area contributed by atoms with Gasteiger partial charge in [-0.25, -0.2) is 4.39 Å². The van der Waals surface area contributed by atoms with E-state index in [0.29, 0.717) is 16.5 Å². The predicted molar refractivity (Wildman–Crippen MR) is 61.0 cm³/mol. The maximum Gasteiger partial charge on any atom is 0.144 e. The zero-order valence-corrected chi connectivity index (χ0v) is 9.57. The van der Waals surface area contributed by atoms with E-state index in [9.17, 15) is 4.39 Å². The van der Waals surface area contributed by atoms with Gasteiger partial charge in [-0.05, 0) is 43.4 Å². The summed E-state index contributed by atoms with van der Waals surface area (Å²) in [6.45, 7) is 3.70. The standard InChI is InChI=1S/C12H15ClFN/c1-8-4-5-10(11(13)12(8)14)9-3-2-6-15-7-9/h4-5,9,15H,2-3,6-7H2,1H3. The summed E-state index contributed by atoms with van der Waals surface area (Å²) >= 11 is 6.03. The molecule has 1 aromatic rings. The fourth-order valence-corrected chi connectivity index (χ4v) is 2.46. The third kappa shape index (κ3) is 2.16. The SMILES string of the molecule is Cc1ccc(C2CCCNC2)c(Cl)c1F. The molecule has 0 spiro atoms. The molecule has 1 N–H and O–H groups in total.